The first-order valence-electron chi connectivity index (χ1n) is 7.15. The summed E-state index contributed by atoms with van der Waals surface area (Å²) in [6, 6.07) is 21.0. The van der Waals surface area contributed by atoms with E-state index in [0.717, 1.165) is 30.5 Å². The van der Waals surface area contributed by atoms with Crippen molar-refractivity contribution in [2.75, 3.05) is 6.54 Å². The number of nitrogens with zero attached hydrogens (tertiary/aromatic N) is 1. The maximum absolute atomic E-state index is 5.91. The van der Waals surface area contributed by atoms with Gasteiger partial charge in [-0.05, 0) is 24.0 Å². The van der Waals surface area contributed by atoms with Crippen molar-refractivity contribution in [3.8, 4) is 0 Å². The molecular formula is C17H17NO2. The number of hydroxylamine groups is 2. The van der Waals surface area contributed by atoms with Crippen molar-refractivity contribution in [3.63, 3.8) is 0 Å². The first-order valence-corrected chi connectivity index (χ1v) is 7.15. The molecule has 2 aliphatic rings. The van der Waals surface area contributed by atoms with E-state index in [1.165, 1.54) is 0 Å². The van der Waals surface area contributed by atoms with Crippen LogP contribution in [-0.4, -0.2) is 17.6 Å². The van der Waals surface area contributed by atoms with Crippen LogP contribution in [0.3, 0.4) is 0 Å². The Morgan fingerprint density at radius 2 is 1.50 bits per heavy atom. The zero-order valence-corrected chi connectivity index (χ0v) is 11.2. The van der Waals surface area contributed by atoms with Gasteiger partial charge in [0.15, 0.2) is 5.60 Å². The number of benzene rings is 2. The normalized spacial score (nSPS) is 24.7. The molecule has 0 bridgehead atoms. The molecule has 0 unspecified atom stereocenters. The van der Waals surface area contributed by atoms with Crippen molar-refractivity contribution in [2.45, 2.75) is 24.5 Å². The minimum atomic E-state index is -0.515. The van der Waals surface area contributed by atoms with Gasteiger partial charge in [0.1, 0.15) is 0 Å². The van der Waals surface area contributed by atoms with Gasteiger partial charge >= 0.3 is 0 Å². The molecule has 1 atom stereocenters. The average molecular weight is 267 g/mol. The Bertz CT molecular complexity index is 545. The Morgan fingerprint density at radius 3 is 2.10 bits per heavy atom. The van der Waals surface area contributed by atoms with E-state index >= 15 is 0 Å². The van der Waals surface area contributed by atoms with E-state index in [0.29, 0.717) is 0 Å². The lowest BCUT2D eigenvalue weighted by molar-refractivity contribution is -0.395. The van der Waals surface area contributed by atoms with Gasteiger partial charge in [0.05, 0.1) is 6.04 Å². The average Bonchev–Trinajstić information content (AvgIpc) is 3.11. The van der Waals surface area contributed by atoms with Crippen LogP contribution in [0.4, 0.5) is 0 Å². The van der Waals surface area contributed by atoms with E-state index in [-0.39, 0.29) is 6.04 Å². The van der Waals surface area contributed by atoms with Gasteiger partial charge in [0.2, 0.25) is 0 Å². The molecular weight excluding hydrogens is 250 g/mol. The minimum Gasteiger partial charge on any atom is -0.200 e. The van der Waals surface area contributed by atoms with Gasteiger partial charge in [-0.2, -0.15) is 4.89 Å². The van der Waals surface area contributed by atoms with Crippen molar-refractivity contribution >= 4 is 0 Å². The Kier molecular flexibility index (Phi) is 2.84. The molecule has 2 saturated heterocycles. The summed E-state index contributed by atoms with van der Waals surface area (Å²) in [4.78, 5) is 11.4. The topological polar surface area (TPSA) is 21.7 Å². The molecule has 0 aliphatic carbocycles. The minimum absolute atomic E-state index is 0.243. The summed E-state index contributed by atoms with van der Waals surface area (Å²) in [5.74, 6) is 0. The Hall–Kier alpha value is -1.68. The fraction of sp³-hybridized carbons (Fsp3) is 0.294. The zero-order chi connectivity index (χ0) is 13.4. The van der Waals surface area contributed by atoms with Gasteiger partial charge in [-0.15, -0.1) is 10.1 Å². The first kappa shape index (κ1) is 12.1. The molecule has 2 aromatic rings. The third-order valence-corrected chi connectivity index (χ3v) is 4.34. The third-order valence-electron chi connectivity index (χ3n) is 4.34. The summed E-state index contributed by atoms with van der Waals surface area (Å²) in [5.41, 5.74) is 1.79. The molecule has 0 amide bonds. The van der Waals surface area contributed by atoms with Crippen LogP contribution in [-0.2, 0) is 15.5 Å². The second-order valence-electron chi connectivity index (χ2n) is 5.42. The number of hydrogen-bond donors (Lipinski definition) is 0. The molecule has 2 fully saturated rings. The lowest BCUT2D eigenvalue weighted by atomic mass is 9.79. The van der Waals surface area contributed by atoms with Crippen LogP contribution in [0.1, 0.15) is 24.0 Å². The Balaban J connectivity index is 1.90. The van der Waals surface area contributed by atoms with Crippen molar-refractivity contribution in [2.24, 2.45) is 0 Å². The third kappa shape index (κ3) is 1.64. The summed E-state index contributed by atoms with van der Waals surface area (Å²) in [6.07, 6.45) is 2.24. The predicted molar refractivity (Wildman–Crippen MR) is 75.6 cm³/mol. The molecule has 0 saturated carbocycles. The maximum atomic E-state index is 5.91. The van der Waals surface area contributed by atoms with Gasteiger partial charge in [-0.25, -0.2) is 0 Å². The molecule has 20 heavy (non-hydrogen) atoms. The SMILES string of the molecule is c1ccc(C2(c3ccccc3)OON3CCC[C@@H]32)cc1. The van der Waals surface area contributed by atoms with Crippen LogP contribution in [0.15, 0.2) is 60.7 Å². The van der Waals surface area contributed by atoms with E-state index in [2.05, 4.69) is 48.5 Å². The second-order valence-corrected chi connectivity index (χ2v) is 5.42. The smallest absolute Gasteiger partial charge is 0.173 e. The molecule has 2 aromatic carbocycles. The molecule has 3 heteroatoms. The molecule has 0 radical (unpaired) electrons. The Morgan fingerprint density at radius 1 is 0.900 bits per heavy atom. The van der Waals surface area contributed by atoms with Crippen molar-refractivity contribution in [1.29, 1.82) is 0 Å². The molecule has 2 aliphatic heterocycles. The van der Waals surface area contributed by atoms with Crippen molar-refractivity contribution < 1.29 is 9.88 Å². The highest BCUT2D eigenvalue weighted by Gasteiger charge is 2.55. The van der Waals surface area contributed by atoms with Gasteiger partial charge in [-0.3, -0.25) is 0 Å². The van der Waals surface area contributed by atoms with Gasteiger partial charge in [0.25, 0.3) is 0 Å². The molecule has 4 rings (SSSR count). The lowest BCUT2D eigenvalue weighted by Crippen LogP contribution is -2.40. The fourth-order valence-corrected chi connectivity index (χ4v) is 3.42. The summed E-state index contributed by atoms with van der Waals surface area (Å²) in [6.45, 7) is 0.937. The van der Waals surface area contributed by atoms with Crippen molar-refractivity contribution in [1.82, 2.24) is 5.06 Å². The highest BCUT2D eigenvalue weighted by Crippen LogP contribution is 2.47. The zero-order valence-electron chi connectivity index (χ0n) is 11.2. The van der Waals surface area contributed by atoms with E-state index in [1.54, 1.807) is 0 Å². The number of hydrogen-bond acceptors (Lipinski definition) is 3. The van der Waals surface area contributed by atoms with Gasteiger partial charge in [0, 0.05) is 6.54 Å². The number of rotatable bonds is 2. The fourth-order valence-electron chi connectivity index (χ4n) is 3.42. The second kappa shape index (κ2) is 4.70. The summed E-state index contributed by atoms with van der Waals surface area (Å²) in [5, 5.41) is 1.99. The van der Waals surface area contributed by atoms with E-state index in [4.69, 9.17) is 9.88 Å². The molecule has 2 heterocycles. The first-order chi connectivity index (χ1) is 9.91. The lowest BCUT2D eigenvalue weighted by Gasteiger charge is -2.31. The van der Waals surface area contributed by atoms with Crippen LogP contribution in [0, 0.1) is 0 Å². The van der Waals surface area contributed by atoms with Gasteiger partial charge < -0.3 is 0 Å². The van der Waals surface area contributed by atoms with E-state index in [9.17, 15) is 0 Å². The standard InChI is InChI=1S/C17H17NO2/c1-3-8-14(9-4-1)17(15-10-5-2-6-11-15)16-12-7-13-18(16)20-19-17/h1-6,8-11,16H,7,12-13H2/t16-/m1/s1. The van der Waals surface area contributed by atoms with Crippen LogP contribution in [0.5, 0.6) is 0 Å². The molecule has 0 N–H and O–H groups in total. The largest absolute Gasteiger partial charge is 0.200 e. The molecule has 0 spiro atoms. The van der Waals surface area contributed by atoms with Crippen LogP contribution >= 0.6 is 0 Å². The van der Waals surface area contributed by atoms with Gasteiger partial charge in [-0.1, -0.05) is 60.7 Å². The summed E-state index contributed by atoms with van der Waals surface area (Å²) in [7, 11) is 0. The van der Waals surface area contributed by atoms with Crippen LogP contribution in [0.2, 0.25) is 0 Å². The highest BCUT2D eigenvalue weighted by atomic mass is 17.3. The maximum Gasteiger partial charge on any atom is 0.173 e. The summed E-state index contributed by atoms with van der Waals surface area (Å²) >= 11 is 0. The highest BCUT2D eigenvalue weighted by molar-refractivity contribution is 5.39. The van der Waals surface area contributed by atoms with E-state index < -0.39 is 5.60 Å². The number of fused-ring (bicyclic) bond motifs is 1. The van der Waals surface area contributed by atoms with Crippen LogP contribution < -0.4 is 0 Å². The quantitative estimate of drug-likeness (QED) is 0.779. The predicted octanol–water partition coefficient (Wildman–Crippen LogP) is 3.27. The van der Waals surface area contributed by atoms with E-state index in [1.807, 2.05) is 17.2 Å². The monoisotopic (exact) mass is 267 g/mol. The molecule has 3 nitrogen and oxygen atoms in total. The molecule has 102 valence electrons. The van der Waals surface area contributed by atoms with Crippen molar-refractivity contribution in [3.05, 3.63) is 71.8 Å². The Labute approximate surface area is 118 Å². The summed E-state index contributed by atoms with van der Waals surface area (Å²) < 4.78 is 0. The molecule has 0 aromatic heterocycles. The van der Waals surface area contributed by atoms with Crippen LogP contribution in [0.25, 0.3) is 0 Å².